The molecule has 1 atom stereocenters. The number of benzene rings is 3. The summed E-state index contributed by atoms with van der Waals surface area (Å²) in [6.45, 7) is 2.09. The van der Waals surface area contributed by atoms with Crippen molar-refractivity contribution in [3.8, 4) is 22.5 Å². The first-order chi connectivity index (χ1) is 19.3. The van der Waals surface area contributed by atoms with Crippen molar-refractivity contribution in [1.82, 2.24) is 15.3 Å². The van der Waals surface area contributed by atoms with Crippen molar-refractivity contribution in [2.75, 3.05) is 0 Å². The third-order valence-electron chi connectivity index (χ3n) is 7.73. The number of carbonyl (C=O) groups is 2. The Morgan fingerprint density at radius 1 is 1.10 bits per heavy atom. The first-order valence-corrected chi connectivity index (χ1v) is 14.0. The molecule has 6 nitrogen and oxygen atoms in total. The van der Waals surface area contributed by atoms with Gasteiger partial charge in [0.1, 0.15) is 11.3 Å². The summed E-state index contributed by atoms with van der Waals surface area (Å²) in [5, 5.41) is 13.6. The molecule has 9 heteroatoms. The van der Waals surface area contributed by atoms with Crippen molar-refractivity contribution in [1.29, 1.82) is 0 Å². The average Bonchev–Trinajstić information content (AvgIpc) is 3.40. The van der Waals surface area contributed by atoms with Crippen molar-refractivity contribution >= 4 is 34.5 Å². The van der Waals surface area contributed by atoms with Crippen LogP contribution in [0.15, 0.2) is 48.5 Å². The van der Waals surface area contributed by atoms with E-state index < -0.39 is 17.6 Å². The highest BCUT2D eigenvalue weighted by atomic mass is 35.5. The van der Waals surface area contributed by atoms with Crippen LogP contribution in [0.25, 0.3) is 33.5 Å². The molecule has 5 rings (SSSR count). The van der Waals surface area contributed by atoms with Gasteiger partial charge in [0.05, 0.1) is 11.1 Å². The molecular formula is C31H30ClF2N3O3. The smallest absolute Gasteiger partial charge is 0.336 e. The lowest BCUT2D eigenvalue weighted by molar-refractivity contribution is 0.0697. The molecule has 0 unspecified atom stereocenters. The summed E-state index contributed by atoms with van der Waals surface area (Å²) in [6.07, 6.45) is 7.50. The molecule has 0 aliphatic heterocycles. The van der Waals surface area contributed by atoms with Crippen LogP contribution in [0.3, 0.4) is 0 Å². The fourth-order valence-electron chi connectivity index (χ4n) is 5.75. The molecule has 1 aromatic heterocycles. The summed E-state index contributed by atoms with van der Waals surface area (Å²) < 4.78 is 28.2. The molecule has 1 amide bonds. The van der Waals surface area contributed by atoms with Crippen LogP contribution in [0.2, 0.25) is 5.02 Å². The molecule has 1 fully saturated rings. The summed E-state index contributed by atoms with van der Waals surface area (Å²) in [7, 11) is 0. The highest BCUT2D eigenvalue weighted by molar-refractivity contribution is 6.34. The molecule has 4 aromatic rings. The highest BCUT2D eigenvalue weighted by Gasteiger charge is 2.26. The number of aromatic amines is 1. The van der Waals surface area contributed by atoms with Crippen LogP contribution in [0.1, 0.15) is 72.6 Å². The Balaban J connectivity index is 1.53. The van der Waals surface area contributed by atoms with Crippen molar-refractivity contribution < 1.29 is 23.5 Å². The molecule has 0 bridgehead atoms. The lowest BCUT2D eigenvalue weighted by Crippen LogP contribution is -2.41. The van der Waals surface area contributed by atoms with Gasteiger partial charge in [-0.2, -0.15) is 0 Å². The number of amides is 1. The second kappa shape index (κ2) is 11.8. The van der Waals surface area contributed by atoms with E-state index in [0.717, 1.165) is 44.6 Å². The number of carbonyl (C=O) groups excluding carboxylic acids is 1. The van der Waals surface area contributed by atoms with Gasteiger partial charge in [-0.15, -0.1) is 0 Å². The Labute approximate surface area is 235 Å². The van der Waals surface area contributed by atoms with E-state index in [0.29, 0.717) is 17.0 Å². The van der Waals surface area contributed by atoms with E-state index in [2.05, 4.69) is 22.2 Å². The van der Waals surface area contributed by atoms with Gasteiger partial charge in [-0.1, -0.05) is 62.4 Å². The number of carboxylic acids is 1. The molecule has 1 aliphatic carbocycles. The molecule has 1 heterocycles. The number of aromatic carboxylic acids is 1. The van der Waals surface area contributed by atoms with E-state index >= 15 is 0 Å². The lowest BCUT2D eigenvalue weighted by Gasteiger charge is -2.31. The normalized spacial score (nSPS) is 14.8. The number of carboxylic acid groups (broad SMARTS) is 1. The van der Waals surface area contributed by atoms with Gasteiger partial charge in [0.15, 0.2) is 11.6 Å². The number of nitrogens with zero attached hydrogens (tertiary/aromatic N) is 1. The van der Waals surface area contributed by atoms with Crippen LogP contribution in [-0.4, -0.2) is 33.0 Å². The minimum Gasteiger partial charge on any atom is -0.478 e. The number of H-pyrrole nitrogens is 1. The quantitative estimate of drug-likeness (QED) is 0.202. The molecule has 1 saturated carbocycles. The van der Waals surface area contributed by atoms with Crippen LogP contribution in [-0.2, 0) is 0 Å². The third-order valence-corrected chi connectivity index (χ3v) is 8.05. The molecule has 1 aliphatic rings. The van der Waals surface area contributed by atoms with Gasteiger partial charge in [0, 0.05) is 27.8 Å². The van der Waals surface area contributed by atoms with Gasteiger partial charge in [0.25, 0.3) is 5.91 Å². The van der Waals surface area contributed by atoms with Gasteiger partial charge < -0.3 is 15.4 Å². The molecule has 0 saturated heterocycles. The van der Waals surface area contributed by atoms with Gasteiger partial charge in [-0.3, -0.25) is 4.79 Å². The van der Waals surface area contributed by atoms with E-state index in [4.69, 9.17) is 11.6 Å². The van der Waals surface area contributed by atoms with Crippen LogP contribution in [0, 0.1) is 17.6 Å². The Hall–Kier alpha value is -3.78. The number of imidazole rings is 1. The van der Waals surface area contributed by atoms with Gasteiger partial charge in [-0.05, 0) is 61.1 Å². The topological polar surface area (TPSA) is 95.1 Å². The maximum Gasteiger partial charge on any atom is 0.336 e. The monoisotopic (exact) mass is 565 g/mol. The first-order valence-electron chi connectivity index (χ1n) is 13.6. The number of hydrogen-bond donors (Lipinski definition) is 3. The second-order valence-electron chi connectivity index (χ2n) is 10.3. The Morgan fingerprint density at radius 3 is 2.60 bits per heavy atom. The molecule has 3 aromatic carbocycles. The van der Waals surface area contributed by atoms with Crippen molar-refractivity contribution in [2.45, 2.75) is 57.9 Å². The van der Waals surface area contributed by atoms with E-state index in [1.807, 2.05) is 0 Å². The number of halogens is 3. The lowest BCUT2D eigenvalue weighted by atomic mass is 9.82. The zero-order valence-corrected chi connectivity index (χ0v) is 22.8. The Morgan fingerprint density at radius 2 is 1.88 bits per heavy atom. The largest absolute Gasteiger partial charge is 0.478 e. The minimum absolute atomic E-state index is 0.0410. The zero-order chi connectivity index (χ0) is 28.4. The SMILES string of the molecule is CCC[C@@H](NC(=O)c1ccc(-c2c(Cl)cccc2-c2nc3c(F)c(F)ccc3[nH]2)c(C(=O)O)c1)C1CCCCC1. The Bertz CT molecular complexity index is 1580. The molecule has 208 valence electrons. The van der Waals surface area contributed by atoms with Crippen molar-refractivity contribution in [2.24, 2.45) is 5.92 Å². The Kier molecular flexibility index (Phi) is 8.17. The number of hydrogen-bond acceptors (Lipinski definition) is 3. The van der Waals surface area contributed by atoms with Gasteiger partial charge in [-0.25, -0.2) is 18.6 Å². The standard InChI is InChI=1S/C31H30ClF2N3O3/c1-2-7-24(17-8-4-3-5-9-17)36-30(38)18-12-13-19(21(16-18)31(39)40)26-20(10-6-11-22(26)32)29-35-25-15-14-23(33)27(34)28(25)37-29/h6,10-17,24H,2-5,7-9H2,1H3,(H,35,37)(H,36,38)(H,39,40)/t24-/m1/s1. The second-order valence-corrected chi connectivity index (χ2v) is 10.7. The summed E-state index contributed by atoms with van der Waals surface area (Å²) >= 11 is 6.59. The van der Waals surface area contributed by atoms with Crippen LogP contribution >= 0.6 is 11.6 Å². The van der Waals surface area contributed by atoms with E-state index in [1.165, 1.54) is 18.6 Å². The van der Waals surface area contributed by atoms with Gasteiger partial charge in [0.2, 0.25) is 0 Å². The first kappa shape index (κ1) is 27.8. The summed E-state index contributed by atoms with van der Waals surface area (Å²) in [5.74, 6) is -3.03. The van der Waals surface area contributed by atoms with Crippen molar-refractivity contribution in [3.63, 3.8) is 0 Å². The van der Waals surface area contributed by atoms with Gasteiger partial charge >= 0.3 is 5.97 Å². The molecule has 0 spiro atoms. The zero-order valence-electron chi connectivity index (χ0n) is 22.1. The minimum atomic E-state index is -1.23. The number of aromatic nitrogens is 2. The number of rotatable bonds is 8. The predicted octanol–water partition coefficient (Wildman–Crippen LogP) is 8.01. The van der Waals surface area contributed by atoms with Crippen LogP contribution in [0.5, 0.6) is 0 Å². The van der Waals surface area contributed by atoms with E-state index in [-0.39, 0.29) is 50.5 Å². The van der Waals surface area contributed by atoms with Crippen molar-refractivity contribution in [3.05, 3.63) is 76.3 Å². The fourth-order valence-corrected chi connectivity index (χ4v) is 6.02. The molecular weight excluding hydrogens is 536 g/mol. The molecule has 40 heavy (non-hydrogen) atoms. The average molecular weight is 566 g/mol. The highest BCUT2D eigenvalue weighted by Crippen LogP contribution is 2.39. The maximum absolute atomic E-state index is 14.4. The third kappa shape index (κ3) is 5.45. The van der Waals surface area contributed by atoms with Crippen LogP contribution in [0.4, 0.5) is 8.78 Å². The van der Waals surface area contributed by atoms with Crippen LogP contribution < -0.4 is 5.32 Å². The molecule has 3 N–H and O–H groups in total. The number of fused-ring (bicyclic) bond motifs is 1. The predicted molar refractivity (Wildman–Crippen MR) is 152 cm³/mol. The number of nitrogens with one attached hydrogen (secondary N) is 2. The summed E-state index contributed by atoms with van der Waals surface area (Å²) in [5.41, 5.74) is 1.26. The maximum atomic E-state index is 14.4. The fraction of sp³-hybridized carbons (Fsp3) is 0.323. The summed E-state index contributed by atoms with van der Waals surface area (Å²) in [4.78, 5) is 32.9. The van der Waals surface area contributed by atoms with E-state index in [9.17, 15) is 23.5 Å². The summed E-state index contributed by atoms with van der Waals surface area (Å²) in [6, 6.07) is 11.9. The molecule has 0 radical (unpaired) electrons. The van der Waals surface area contributed by atoms with E-state index in [1.54, 1.807) is 30.3 Å².